The molecule has 0 saturated carbocycles. The van der Waals surface area contributed by atoms with E-state index in [9.17, 15) is 4.79 Å². The zero-order valence-electron chi connectivity index (χ0n) is 11.3. The topological polar surface area (TPSA) is 41.1 Å². The Labute approximate surface area is 119 Å². The van der Waals surface area contributed by atoms with E-state index in [0.717, 1.165) is 42.8 Å². The number of hydrogen-bond acceptors (Lipinski definition) is 2. The first-order chi connectivity index (χ1) is 9.10. The van der Waals surface area contributed by atoms with Crippen molar-refractivity contribution in [2.45, 2.75) is 38.1 Å². The molecule has 3 nitrogen and oxygen atoms in total. The maximum atomic E-state index is 12.2. The standard InChI is InChI=1S/C15H21ClN2O/c1-15(8-2-3-9-18-15)14(19)17-10-7-12-5-4-6-13(16)11-12/h4-6,11,18H,2-3,7-10H2,1H3,(H,17,19). The third kappa shape index (κ3) is 3.95. The van der Waals surface area contributed by atoms with Crippen LogP contribution in [-0.4, -0.2) is 24.5 Å². The van der Waals surface area contributed by atoms with E-state index in [2.05, 4.69) is 10.6 Å². The first kappa shape index (κ1) is 14.4. The molecule has 2 N–H and O–H groups in total. The van der Waals surface area contributed by atoms with E-state index in [4.69, 9.17) is 11.6 Å². The molecule has 0 aliphatic carbocycles. The second kappa shape index (κ2) is 6.40. The summed E-state index contributed by atoms with van der Waals surface area (Å²) in [5, 5.41) is 7.08. The van der Waals surface area contributed by atoms with Crippen molar-refractivity contribution < 1.29 is 4.79 Å². The predicted octanol–water partition coefficient (Wildman–Crippen LogP) is 2.53. The second-order valence-electron chi connectivity index (χ2n) is 5.35. The summed E-state index contributed by atoms with van der Waals surface area (Å²) in [7, 11) is 0. The Hall–Kier alpha value is -1.06. The van der Waals surface area contributed by atoms with Crippen LogP contribution in [0.2, 0.25) is 5.02 Å². The van der Waals surface area contributed by atoms with Crippen LogP contribution in [0.4, 0.5) is 0 Å². The Balaban J connectivity index is 1.80. The Morgan fingerprint density at radius 3 is 3.00 bits per heavy atom. The van der Waals surface area contributed by atoms with Gasteiger partial charge in [-0.25, -0.2) is 0 Å². The maximum absolute atomic E-state index is 12.2. The molecular formula is C15H21ClN2O. The van der Waals surface area contributed by atoms with Crippen molar-refractivity contribution in [3.63, 3.8) is 0 Å². The van der Waals surface area contributed by atoms with Gasteiger partial charge in [-0.3, -0.25) is 4.79 Å². The van der Waals surface area contributed by atoms with Gasteiger partial charge in [-0.15, -0.1) is 0 Å². The molecule has 1 unspecified atom stereocenters. The summed E-state index contributed by atoms with van der Waals surface area (Å²) in [5.74, 6) is 0.106. The van der Waals surface area contributed by atoms with Gasteiger partial charge in [0.2, 0.25) is 5.91 Å². The number of piperidine rings is 1. The Bertz CT molecular complexity index is 442. The third-order valence-corrected chi connectivity index (χ3v) is 3.94. The molecule has 0 spiro atoms. The SMILES string of the molecule is CC1(C(=O)NCCc2cccc(Cl)c2)CCCCN1. The van der Waals surface area contributed by atoms with Crippen LogP contribution in [0, 0.1) is 0 Å². The van der Waals surface area contributed by atoms with Gasteiger partial charge in [0.1, 0.15) is 0 Å². The van der Waals surface area contributed by atoms with Gasteiger partial charge in [0.15, 0.2) is 0 Å². The van der Waals surface area contributed by atoms with E-state index < -0.39 is 5.54 Å². The number of hydrogen-bond donors (Lipinski definition) is 2. The molecule has 1 fully saturated rings. The first-order valence-corrected chi connectivity index (χ1v) is 7.26. The first-order valence-electron chi connectivity index (χ1n) is 6.88. The number of halogens is 1. The number of carbonyl (C=O) groups is 1. The number of carbonyl (C=O) groups excluding carboxylic acids is 1. The van der Waals surface area contributed by atoms with Crippen LogP contribution in [0.25, 0.3) is 0 Å². The highest BCUT2D eigenvalue weighted by molar-refractivity contribution is 6.30. The van der Waals surface area contributed by atoms with Crippen molar-refractivity contribution in [1.82, 2.24) is 10.6 Å². The molecule has 1 amide bonds. The lowest BCUT2D eigenvalue weighted by Gasteiger charge is -2.33. The normalized spacial score (nSPS) is 23.1. The van der Waals surface area contributed by atoms with Crippen molar-refractivity contribution >= 4 is 17.5 Å². The molecule has 1 atom stereocenters. The second-order valence-corrected chi connectivity index (χ2v) is 5.79. The number of nitrogens with one attached hydrogen (secondary N) is 2. The highest BCUT2D eigenvalue weighted by Crippen LogP contribution is 2.18. The quantitative estimate of drug-likeness (QED) is 0.890. The van der Waals surface area contributed by atoms with Gasteiger partial charge >= 0.3 is 0 Å². The van der Waals surface area contributed by atoms with Gasteiger partial charge in [0.25, 0.3) is 0 Å². The zero-order chi connectivity index (χ0) is 13.7. The highest BCUT2D eigenvalue weighted by Gasteiger charge is 2.33. The lowest BCUT2D eigenvalue weighted by molar-refractivity contribution is -0.127. The summed E-state index contributed by atoms with van der Waals surface area (Å²) in [6.45, 7) is 3.57. The summed E-state index contributed by atoms with van der Waals surface area (Å²) < 4.78 is 0. The summed E-state index contributed by atoms with van der Waals surface area (Å²) in [6, 6.07) is 7.76. The van der Waals surface area contributed by atoms with E-state index in [1.165, 1.54) is 0 Å². The minimum Gasteiger partial charge on any atom is -0.354 e. The van der Waals surface area contributed by atoms with Crippen molar-refractivity contribution in [2.24, 2.45) is 0 Å². The van der Waals surface area contributed by atoms with Gasteiger partial charge in [-0.05, 0) is 56.8 Å². The van der Waals surface area contributed by atoms with E-state index >= 15 is 0 Å². The van der Waals surface area contributed by atoms with Crippen LogP contribution in [-0.2, 0) is 11.2 Å². The third-order valence-electron chi connectivity index (χ3n) is 3.71. The Kier molecular flexibility index (Phi) is 4.83. The van der Waals surface area contributed by atoms with Crippen LogP contribution in [0.5, 0.6) is 0 Å². The molecule has 104 valence electrons. The van der Waals surface area contributed by atoms with Crippen molar-refractivity contribution in [3.8, 4) is 0 Å². The van der Waals surface area contributed by atoms with Gasteiger partial charge in [0, 0.05) is 11.6 Å². The van der Waals surface area contributed by atoms with E-state index in [1.807, 2.05) is 31.2 Å². The predicted molar refractivity (Wildman–Crippen MR) is 78.4 cm³/mol. The van der Waals surface area contributed by atoms with Crippen molar-refractivity contribution in [1.29, 1.82) is 0 Å². The molecule has 1 aliphatic heterocycles. The van der Waals surface area contributed by atoms with E-state index in [1.54, 1.807) is 0 Å². The number of rotatable bonds is 4. The summed E-state index contributed by atoms with van der Waals surface area (Å²) in [4.78, 5) is 12.2. The maximum Gasteiger partial charge on any atom is 0.240 e. The lowest BCUT2D eigenvalue weighted by atomic mass is 9.90. The summed E-state index contributed by atoms with van der Waals surface area (Å²) in [6.07, 6.45) is 4.00. The molecular weight excluding hydrogens is 260 g/mol. The van der Waals surface area contributed by atoms with Gasteiger partial charge in [0.05, 0.1) is 5.54 Å². The molecule has 2 rings (SSSR count). The highest BCUT2D eigenvalue weighted by atomic mass is 35.5. The molecule has 0 bridgehead atoms. The molecule has 1 aliphatic rings. The minimum atomic E-state index is -0.396. The monoisotopic (exact) mass is 280 g/mol. The van der Waals surface area contributed by atoms with Crippen LogP contribution in [0.1, 0.15) is 31.7 Å². The molecule has 19 heavy (non-hydrogen) atoms. The van der Waals surface area contributed by atoms with Gasteiger partial charge < -0.3 is 10.6 Å². The average Bonchev–Trinajstić information content (AvgIpc) is 2.39. The van der Waals surface area contributed by atoms with Crippen LogP contribution in [0.3, 0.4) is 0 Å². The molecule has 1 aromatic carbocycles. The fourth-order valence-electron chi connectivity index (χ4n) is 2.46. The smallest absolute Gasteiger partial charge is 0.240 e. The fourth-order valence-corrected chi connectivity index (χ4v) is 2.67. The fraction of sp³-hybridized carbons (Fsp3) is 0.533. The number of benzene rings is 1. The molecule has 0 radical (unpaired) electrons. The van der Waals surface area contributed by atoms with Gasteiger partial charge in [-0.1, -0.05) is 23.7 Å². The number of amides is 1. The Morgan fingerprint density at radius 2 is 2.32 bits per heavy atom. The zero-order valence-corrected chi connectivity index (χ0v) is 12.1. The molecule has 1 aromatic rings. The van der Waals surface area contributed by atoms with Crippen LogP contribution < -0.4 is 10.6 Å². The lowest BCUT2D eigenvalue weighted by Crippen LogP contribution is -2.57. The van der Waals surface area contributed by atoms with Gasteiger partial charge in [-0.2, -0.15) is 0 Å². The summed E-state index contributed by atoms with van der Waals surface area (Å²) in [5.41, 5.74) is 0.751. The molecule has 1 heterocycles. The van der Waals surface area contributed by atoms with Crippen LogP contribution in [0.15, 0.2) is 24.3 Å². The largest absolute Gasteiger partial charge is 0.354 e. The van der Waals surface area contributed by atoms with Crippen molar-refractivity contribution in [3.05, 3.63) is 34.9 Å². The minimum absolute atomic E-state index is 0.106. The average molecular weight is 281 g/mol. The molecule has 0 aromatic heterocycles. The Morgan fingerprint density at radius 1 is 1.47 bits per heavy atom. The van der Waals surface area contributed by atoms with Crippen molar-refractivity contribution in [2.75, 3.05) is 13.1 Å². The molecule has 4 heteroatoms. The summed E-state index contributed by atoms with van der Waals surface area (Å²) >= 11 is 5.93. The van der Waals surface area contributed by atoms with E-state index in [-0.39, 0.29) is 5.91 Å². The van der Waals surface area contributed by atoms with Crippen LogP contribution >= 0.6 is 11.6 Å². The van der Waals surface area contributed by atoms with E-state index in [0.29, 0.717) is 6.54 Å². The molecule has 1 saturated heterocycles.